The molecule has 3 heteroatoms. The van der Waals surface area contributed by atoms with Gasteiger partial charge in [0, 0.05) is 13.0 Å². The van der Waals surface area contributed by atoms with Gasteiger partial charge < -0.3 is 10.2 Å². The van der Waals surface area contributed by atoms with E-state index in [2.05, 4.69) is 5.32 Å². The minimum atomic E-state index is -0.551. The van der Waals surface area contributed by atoms with Crippen LogP contribution in [0.15, 0.2) is 0 Å². The molecule has 44 valence electrons. The van der Waals surface area contributed by atoms with Crippen molar-refractivity contribution in [3.63, 3.8) is 0 Å². The highest BCUT2D eigenvalue weighted by Gasteiger charge is 1.94. The summed E-state index contributed by atoms with van der Waals surface area (Å²) < 4.78 is 0. The van der Waals surface area contributed by atoms with Crippen LogP contribution < -0.4 is 5.32 Å². The zero-order valence-corrected chi connectivity index (χ0v) is 4.39. The second kappa shape index (κ2) is 4.05. The first-order chi connectivity index (χ1) is 3.31. The number of hydrogen-bond acceptors (Lipinski definition) is 3. The largest absolute Gasteiger partial charge is 0.396 e. The topological polar surface area (TPSA) is 52.5 Å². The van der Waals surface area contributed by atoms with Crippen molar-refractivity contribution in [2.75, 3.05) is 13.7 Å². The first kappa shape index (κ1) is 6.88. The Morgan fingerprint density at radius 2 is 2.29 bits per heavy atom. The van der Waals surface area contributed by atoms with Gasteiger partial charge >= 0.3 is 0 Å². The molecule has 3 nitrogen and oxygen atoms in total. The van der Waals surface area contributed by atoms with Crippen molar-refractivity contribution in [3.05, 3.63) is 0 Å². The van der Waals surface area contributed by atoms with E-state index in [9.17, 15) is 0 Å². The van der Waals surface area contributed by atoms with Crippen LogP contribution in [0.5, 0.6) is 0 Å². The van der Waals surface area contributed by atoms with Crippen LogP contribution in [0.3, 0.4) is 0 Å². The van der Waals surface area contributed by atoms with Crippen molar-refractivity contribution in [1.29, 1.82) is 0 Å². The monoisotopic (exact) mass is 105 g/mol. The number of nitrogens with one attached hydrogen (secondary N) is 1. The Morgan fingerprint density at radius 3 is 2.43 bits per heavy atom. The van der Waals surface area contributed by atoms with E-state index in [4.69, 9.17) is 10.2 Å². The first-order valence-corrected chi connectivity index (χ1v) is 2.27. The third-order valence-electron chi connectivity index (χ3n) is 0.736. The molecule has 0 aromatic heterocycles. The molecular formula is C4H11NO2. The summed E-state index contributed by atoms with van der Waals surface area (Å²) in [7, 11) is 1.64. The molecular weight excluding hydrogens is 94.0 g/mol. The van der Waals surface area contributed by atoms with E-state index in [-0.39, 0.29) is 6.61 Å². The Bertz CT molecular complexity index is 40.7. The average molecular weight is 105 g/mol. The van der Waals surface area contributed by atoms with E-state index in [0.717, 1.165) is 0 Å². The molecule has 0 aliphatic heterocycles. The molecule has 0 bridgehead atoms. The van der Waals surface area contributed by atoms with Gasteiger partial charge in [0.05, 0.1) is 0 Å². The van der Waals surface area contributed by atoms with Gasteiger partial charge in [0.15, 0.2) is 0 Å². The average Bonchev–Trinajstić information content (AvgIpc) is 1.68. The van der Waals surface area contributed by atoms with E-state index < -0.39 is 6.23 Å². The summed E-state index contributed by atoms with van der Waals surface area (Å²) in [5.41, 5.74) is 0. The van der Waals surface area contributed by atoms with E-state index in [1.807, 2.05) is 0 Å². The van der Waals surface area contributed by atoms with Gasteiger partial charge in [0.1, 0.15) is 6.23 Å². The Balaban J connectivity index is 2.83. The smallest absolute Gasteiger partial charge is 0.106 e. The molecule has 0 aliphatic carbocycles. The highest BCUT2D eigenvalue weighted by atomic mass is 16.3. The van der Waals surface area contributed by atoms with Crippen molar-refractivity contribution in [1.82, 2.24) is 5.32 Å². The standard InChI is InChI=1S/C4H11NO2/c1-5-4(7)2-3-6/h4-7H,2-3H2,1H3. The molecule has 7 heavy (non-hydrogen) atoms. The number of aliphatic hydroxyl groups excluding tert-OH is 2. The maximum atomic E-state index is 8.59. The van der Waals surface area contributed by atoms with Gasteiger partial charge in [-0.25, -0.2) is 0 Å². The summed E-state index contributed by atoms with van der Waals surface area (Å²) in [6.07, 6.45) is -0.152. The summed E-state index contributed by atoms with van der Waals surface area (Å²) in [6.45, 7) is 0.0298. The van der Waals surface area contributed by atoms with Crippen LogP contribution in [0, 0.1) is 0 Å². The quantitative estimate of drug-likeness (QED) is 0.400. The molecule has 0 amide bonds. The van der Waals surface area contributed by atoms with Crippen LogP contribution in [0.4, 0.5) is 0 Å². The number of rotatable bonds is 3. The summed E-state index contributed by atoms with van der Waals surface area (Å²) >= 11 is 0. The van der Waals surface area contributed by atoms with Crippen molar-refractivity contribution in [3.8, 4) is 0 Å². The Hall–Kier alpha value is -0.120. The van der Waals surface area contributed by atoms with Crippen LogP contribution in [0.1, 0.15) is 6.42 Å². The van der Waals surface area contributed by atoms with Gasteiger partial charge in [0.25, 0.3) is 0 Å². The lowest BCUT2D eigenvalue weighted by molar-refractivity contribution is 0.110. The van der Waals surface area contributed by atoms with Gasteiger partial charge in [-0.05, 0) is 7.05 Å². The molecule has 0 fully saturated rings. The summed E-state index contributed by atoms with van der Waals surface area (Å²) in [6, 6.07) is 0. The molecule has 1 unspecified atom stereocenters. The van der Waals surface area contributed by atoms with Crippen molar-refractivity contribution >= 4 is 0 Å². The molecule has 0 aromatic rings. The van der Waals surface area contributed by atoms with Gasteiger partial charge in [-0.15, -0.1) is 0 Å². The van der Waals surface area contributed by atoms with E-state index in [1.54, 1.807) is 7.05 Å². The van der Waals surface area contributed by atoms with Gasteiger partial charge in [0.2, 0.25) is 0 Å². The van der Waals surface area contributed by atoms with Crippen LogP contribution in [0.2, 0.25) is 0 Å². The first-order valence-electron chi connectivity index (χ1n) is 2.27. The third kappa shape index (κ3) is 3.72. The minimum absolute atomic E-state index is 0.0298. The van der Waals surface area contributed by atoms with Crippen LogP contribution in [-0.4, -0.2) is 30.1 Å². The van der Waals surface area contributed by atoms with Gasteiger partial charge in [-0.1, -0.05) is 0 Å². The van der Waals surface area contributed by atoms with E-state index >= 15 is 0 Å². The molecule has 0 rings (SSSR count). The summed E-state index contributed by atoms with van der Waals surface area (Å²) in [5, 5.41) is 19.3. The fraction of sp³-hybridized carbons (Fsp3) is 1.00. The maximum absolute atomic E-state index is 8.59. The second-order valence-electron chi connectivity index (χ2n) is 1.32. The van der Waals surface area contributed by atoms with Crippen molar-refractivity contribution in [2.45, 2.75) is 12.6 Å². The maximum Gasteiger partial charge on any atom is 0.106 e. The molecule has 0 heterocycles. The fourth-order valence-electron chi connectivity index (χ4n) is 0.267. The van der Waals surface area contributed by atoms with Crippen molar-refractivity contribution in [2.24, 2.45) is 0 Å². The lowest BCUT2D eigenvalue weighted by Crippen LogP contribution is -2.25. The SMILES string of the molecule is CNC(O)CCO. The zero-order chi connectivity index (χ0) is 5.70. The molecule has 0 saturated heterocycles. The van der Waals surface area contributed by atoms with Crippen LogP contribution in [-0.2, 0) is 0 Å². The predicted molar refractivity (Wildman–Crippen MR) is 26.8 cm³/mol. The minimum Gasteiger partial charge on any atom is -0.396 e. The summed E-state index contributed by atoms with van der Waals surface area (Å²) in [5.74, 6) is 0. The molecule has 0 saturated carbocycles. The molecule has 3 N–H and O–H groups in total. The number of hydrogen-bond donors (Lipinski definition) is 3. The predicted octanol–water partition coefficient (Wildman–Crippen LogP) is -1.09. The number of aliphatic hydroxyl groups is 2. The van der Waals surface area contributed by atoms with E-state index in [0.29, 0.717) is 6.42 Å². The zero-order valence-electron chi connectivity index (χ0n) is 4.39. The van der Waals surface area contributed by atoms with E-state index in [1.165, 1.54) is 0 Å². The van der Waals surface area contributed by atoms with Crippen LogP contribution >= 0.6 is 0 Å². The fourth-order valence-corrected chi connectivity index (χ4v) is 0.267. The van der Waals surface area contributed by atoms with Crippen LogP contribution in [0.25, 0.3) is 0 Å². The Kier molecular flexibility index (Phi) is 3.98. The lowest BCUT2D eigenvalue weighted by Gasteiger charge is -2.03. The highest BCUT2D eigenvalue weighted by molar-refractivity contribution is 4.43. The normalized spacial score (nSPS) is 14.1. The Morgan fingerprint density at radius 1 is 1.71 bits per heavy atom. The lowest BCUT2D eigenvalue weighted by atomic mass is 10.4. The molecule has 0 spiro atoms. The third-order valence-corrected chi connectivity index (χ3v) is 0.736. The molecule has 1 atom stereocenters. The highest BCUT2D eigenvalue weighted by Crippen LogP contribution is 1.79. The molecule has 0 aliphatic rings. The second-order valence-corrected chi connectivity index (χ2v) is 1.32. The van der Waals surface area contributed by atoms with Gasteiger partial charge in [-0.3, -0.25) is 5.32 Å². The summed E-state index contributed by atoms with van der Waals surface area (Å²) in [4.78, 5) is 0. The molecule has 0 aromatic carbocycles. The molecule has 0 radical (unpaired) electrons. The van der Waals surface area contributed by atoms with Gasteiger partial charge in [-0.2, -0.15) is 0 Å². The Labute approximate surface area is 43.0 Å². The van der Waals surface area contributed by atoms with Crippen molar-refractivity contribution < 1.29 is 10.2 Å².